The molecule has 0 unspecified atom stereocenters. The molecule has 0 aliphatic carbocycles. The smallest absolute Gasteiger partial charge is 0.268 e. The lowest BCUT2D eigenvalue weighted by Gasteiger charge is -2.04. The zero-order valence-electron chi connectivity index (χ0n) is 9.34. The summed E-state index contributed by atoms with van der Waals surface area (Å²) >= 11 is 5.96. The summed E-state index contributed by atoms with van der Waals surface area (Å²) in [6.45, 7) is 3.83. The van der Waals surface area contributed by atoms with E-state index in [2.05, 4.69) is 10.2 Å². The molecule has 0 aliphatic heterocycles. The van der Waals surface area contributed by atoms with Gasteiger partial charge in [0.05, 0.1) is 11.7 Å². The van der Waals surface area contributed by atoms with Crippen LogP contribution in [0.25, 0.3) is 10.9 Å². The molecule has 0 fully saturated rings. The van der Waals surface area contributed by atoms with Crippen molar-refractivity contribution in [3.8, 4) is 0 Å². The highest BCUT2D eigenvalue weighted by molar-refractivity contribution is 6.33. The summed E-state index contributed by atoms with van der Waals surface area (Å²) in [5.74, 6) is 0. The Hall–Kier alpha value is -1.49. The van der Waals surface area contributed by atoms with Crippen LogP contribution in [0.3, 0.4) is 0 Å². The Balaban J connectivity index is 2.69. The maximum absolute atomic E-state index is 12.1. The SMILES string of the molecule is Cc1c(C)n(CC=C(F)F)c2c(Cl)nncc12. The zero-order valence-corrected chi connectivity index (χ0v) is 10.1. The highest BCUT2D eigenvalue weighted by Crippen LogP contribution is 2.28. The Morgan fingerprint density at radius 3 is 2.82 bits per heavy atom. The lowest BCUT2D eigenvalue weighted by atomic mass is 10.2. The number of rotatable bonds is 2. The minimum Gasteiger partial charge on any atom is -0.338 e. The van der Waals surface area contributed by atoms with Gasteiger partial charge in [-0.15, -0.1) is 5.10 Å². The third kappa shape index (κ3) is 2.02. The lowest BCUT2D eigenvalue weighted by molar-refractivity contribution is 0.416. The number of halogens is 3. The molecule has 0 N–H and O–H groups in total. The van der Waals surface area contributed by atoms with Crippen LogP contribution in [0.1, 0.15) is 11.3 Å². The van der Waals surface area contributed by atoms with Crippen molar-refractivity contribution in [2.45, 2.75) is 20.4 Å². The van der Waals surface area contributed by atoms with Crippen LogP contribution in [0, 0.1) is 13.8 Å². The first-order valence-electron chi connectivity index (χ1n) is 5.00. The van der Waals surface area contributed by atoms with Gasteiger partial charge in [-0.25, -0.2) is 0 Å². The predicted octanol–water partition coefficient (Wildman–Crippen LogP) is 3.48. The molecule has 0 saturated carbocycles. The van der Waals surface area contributed by atoms with Crippen LogP contribution in [-0.2, 0) is 6.54 Å². The van der Waals surface area contributed by atoms with E-state index in [-0.39, 0.29) is 11.7 Å². The van der Waals surface area contributed by atoms with Crippen molar-refractivity contribution in [1.29, 1.82) is 0 Å². The molecule has 0 bridgehead atoms. The highest BCUT2D eigenvalue weighted by Gasteiger charge is 2.14. The lowest BCUT2D eigenvalue weighted by Crippen LogP contribution is -1.99. The first kappa shape index (κ1) is 12.0. The Morgan fingerprint density at radius 1 is 1.47 bits per heavy atom. The summed E-state index contributed by atoms with van der Waals surface area (Å²) in [4.78, 5) is 0. The summed E-state index contributed by atoms with van der Waals surface area (Å²) in [5.41, 5.74) is 2.51. The first-order chi connectivity index (χ1) is 8.02. The minimum atomic E-state index is -1.71. The zero-order chi connectivity index (χ0) is 12.6. The number of hydrogen-bond donors (Lipinski definition) is 0. The molecule has 0 aliphatic rings. The molecule has 0 atom stereocenters. The number of allylic oxidation sites excluding steroid dienone is 1. The number of hydrogen-bond acceptors (Lipinski definition) is 2. The Labute approximate surface area is 102 Å². The fourth-order valence-electron chi connectivity index (χ4n) is 1.84. The van der Waals surface area contributed by atoms with Crippen LogP contribution >= 0.6 is 11.6 Å². The predicted molar refractivity (Wildman–Crippen MR) is 62.3 cm³/mol. The molecule has 0 aromatic carbocycles. The van der Waals surface area contributed by atoms with Crippen LogP contribution in [0.15, 0.2) is 18.4 Å². The Kier molecular flexibility index (Phi) is 3.11. The van der Waals surface area contributed by atoms with Gasteiger partial charge in [-0.2, -0.15) is 13.9 Å². The Bertz CT molecular complexity index is 600. The molecule has 0 spiro atoms. The summed E-state index contributed by atoms with van der Waals surface area (Å²) in [7, 11) is 0. The molecule has 90 valence electrons. The Morgan fingerprint density at radius 2 is 2.18 bits per heavy atom. The highest BCUT2D eigenvalue weighted by atomic mass is 35.5. The average Bonchev–Trinajstić information content (AvgIpc) is 2.52. The van der Waals surface area contributed by atoms with E-state index in [1.165, 1.54) is 0 Å². The largest absolute Gasteiger partial charge is 0.338 e. The van der Waals surface area contributed by atoms with Gasteiger partial charge in [-0.1, -0.05) is 11.6 Å². The van der Waals surface area contributed by atoms with Crippen molar-refractivity contribution in [1.82, 2.24) is 14.8 Å². The van der Waals surface area contributed by atoms with Crippen LogP contribution in [0.2, 0.25) is 5.15 Å². The van der Waals surface area contributed by atoms with Crippen LogP contribution in [-0.4, -0.2) is 14.8 Å². The number of aryl methyl sites for hydroxylation is 1. The van der Waals surface area contributed by atoms with Gasteiger partial charge in [-0.05, 0) is 19.4 Å². The van der Waals surface area contributed by atoms with E-state index in [9.17, 15) is 8.78 Å². The normalized spacial score (nSPS) is 10.9. The molecular formula is C11H10ClF2N3. The molecule has 0 amide bonds. The fraction of sp³-hybridized carbons (Fsp3) is 0.273. The quantitative estimate of drug-likeness (QED) is 0.825. The van der Waals surface area contributed by atoms with E-state index in [0.717, 1.165) is 22.7 Å². The fourth-order valence-corrected chi connectivity index (χ4v) is 2.09. The summed E-state index contributed by atoms with van der Waals surface area (Å²) in [6.07, 6.45) is 0.736. The van der Waals surface area contributed by atoms with Gasteiger partial charge in [0, 0.05) is 23.7 Å². The van der Waals surface area contributed by atoms with Gasteiger partial charge in [0.25, 0.3) is 6.08 Å². The molecular weight excluding hydrogens is 248 g/mol. The van der Waals surface area contributed by atoms with Crippen LogP contribution < -0.4 is 0 Å². The van der Waals surface area contributed by atoms with Gasteiger partial charge >= 0.3 is 0 Å². The molecule has 3 nitrogen and oxygen atoms in total. The first-order valence-corrected chi connectivity index (χ1v) is 5.38. The summed E-state index contributed by atoms with van der Waals surface area (Å²) in [5, 5.41) is 8.57. The third-order valence-corrected chi connectivity index (χ3v) is 3.09. The second-order valence-corrected chi connectivity index (χ2v) is 4.07. The second-order valence-electron chi connectivity index (χ2n) is 3.71. The van der Waals surface area contributed by atoms with Crippen molar-refractivity contribution < 1.29 is 8.78 Å². The molecule has 17 heavy (non-hydrogen) atoms. The third-order valence-electron chi connectivity index (χ3n) is 2.83. The monoisotopic (exact) mass is 257 g/mol. The van der Waals surface area contributed by atoms with E-state index >= 15 is 0 Å². The maximum Gasteiger partial charge on any atom is 0.268 e. The molecule has 2 aromatic heterocycles. The minimum absolute atomic E-state index is 0.0733. The van der Waals surface area contributed by atoms with E-state index in [0.29, 0.717) is 5.52 Å². The topological polar surface area (TPSA) is 30.7 Å². The van der Waals surface area contributed by atoms with Gasteiger partial charge in [-0.3, -0.25) is 0 Å². The number of fused-ring (bicyclic) bond motifs is 1. The summed E-state index contributed by atoms with van der Waals surface area (Å²) < 4.78 is 26.0. The standard InChI is InChI=1S/C11H10ClF2N3/c1-6-7(2)17(4-3-9(13)14)10-8(6)5-15-16-11(10)12/h3,5H,4H2,1-2H3. The van der Waals surface area contributed by atoms with Crippen molar-refractivity contribution in [2.75, 3.05) is 0 Å². The van der Waals surface area contributed by atoms with E-state index in [1.54, 1.807) is 10.8 Å². The van der Waals surface area contributed by atoms with Crippen molar-refractivity contribution in [2.24, 2.45) is 0 Å². The summed E-state index contributed by atoms with van der Waals surface area (Å²) in [6, 6.07) is 0. The van der Waals surface area contributed by atoms with Crippen molar-refractivity contribution >= 4 is 22.5 Å². The van der Waals surface area contributed by atoms with Gasteiger partial charge in [0.2, 0.25) is 0 Å². The second kappa shape index (κ2) is 4.41. The van der Waals surface area contributed by atoms with Crippen LogP contribution in [0.5, 0.6) is 0 Å². The van der Waals surface area contributed by atoms with Crippen molar-refractivity contribution in [3.63, 3.8) is 0 Å². The van der Waals surface area contributed by atoms with Crippen molar-refractivity contribution in [3.05, 3.63) is 34.8 Å². The van der Waals surface area contributed by atoms with E-state index < -0.39 is 6.08 Å². The van der Waals surface area contributed by atoms with Gasteiger partial charge in [0.1, 0.15) is 0 Å². The molecule has 6 heteroatoms. The van der Waals surface area contributed by atoms with Crippen LogP contribution in [0.4, 0.5) is 8.78 Å². The molecule has 0 saturated heterocycles. The molecule has 2 aromatic rings. The molecule has 2 heterocycles. The maximum atomic E-state index is 12.1. The number of aromatic nitrogens is 3. The van der Waals surface area contributed by atoms with E-state index in [1.807, 2.05) is 13.8 Å². The van der Waals surface area contributed by atoms with Gasteiger partial charge < -0.3 is 4.57 Å². The van der Waals surface area contributed by atoms with E-state index in [4.69, 9.17) is 11.6 Å². The molecule has 0 radical (unpaired) electrons. The average molecular weight is 258 g/mol. The van der Waals surface area contributed by atoms with Gasteiger partial charge in [0.15, 0.2) is 5.15 Å². The number of nitrogens with zero attached hydrogens (tertiary/aromatic N) is 3. The molecule has 2 rings (SSSR count).